The van der Waals surface area contributed by atoms with Crippen molar-refractivity contribution in [2.24, 2.45) is 0 Å². The molecule has 0 N–H and O–H groups in total. The summed E-state index contributed by atoms with van der Waals surface area (Å²) in [5, 5.41) is 12.4. The van der Waals surface area contributed by atoms with Crippen LogP contribution in [-0.4, -0.2) is 13.7 Å². The zero-order valence-electron chi connectivity index (χ0n) is 32.0. The fraction of sp³-hybridized carbons (Fsp3) is 0. The molecule has 3 aromatic heterocycles. The summed E-state index contributed by atoms with van der Waals surface area (Å²) in [6.45, 7) is 0. The molecule has 0 saturated carbocycles. The molecule has 13 aromatic rings. The molecule has 10 aromatic carbocycles. The van der Waals surface area contributed by atoms with E-state index in [9.17, 15) is 0 Å². The zero-order chi connectivity index (χ0) is 38.6. The van der Waals surface area contributed by atoms with Crippen LogP contribution in [0.5, 0.6) is 0 Å². The second-order valence-electron chi connectivity index (χ2n) is 15.7. The van der Waals surface area contributed by atoms with Crippen LogP contribution in [-0.2, 0) is 0 Å². The van der Waals surface area contributed by atoms with Crippen molar-refractivity contribution in [3.8, 4) is 28.2 Å². The number of para-hydroxylation sites is 3. The van der Waals surface area contributed by atoms with Gasteiger partial charge >= 0.3 is 0 Å². The Balaban J connectivity index is 1.09. The van der Waals surface area contributed by atoms with Gasteiger partial charge in [-0.05, 0) is 100 Å². The minimum absolute atomic E-state index is 1.16. The molecule has 274 valence electrons. The van der Waals surface area contributed by atoms with E-state index in [1.807, 2.05) is 0 Å². The van der Waals surface area contributed by atoms with Gasteiger partial charge < -0.3 is 13.7 Å². The van der Waals surface area contributed by atoms with E-state index >= 15 is 0 Å². The summed E-state index contributed by atoms with van der Waals surface area (Å²) in [7, 11) is 0. The van der Waals surface area contributed by atoms with Gasteiger partial charge in [-0.3, -0.25) is 0 Å². The molecule has 3 heterocycles. The Labute approximate surface area is 339 Å². The van der Waals surface area contributed by atoms with E-state index in [0.717, 1.165) is 5.69 Å². The van der Waals surface area contributed by atoms with Crippen LogP contribution in [0.1, 0.15) is 0 Å². The molecule has 3 nitrogen and oxygen atoms in total. The summed E-state index contributed by atoms with van der Waals surface area (Å²) in [6, 6.07) is 78.0. The average Bonchev–Trinajstić information content (AvgIpc) is 3.94. The van der Waals surface area contributed by atoms with Gasteiger partial charge in [-0.15, -0.1) is 0 Å². The van der Waals surface area contributed by atoms with Crippen LogP contribution in [0.15, 0.2) is 212 Å². The summed E-state index contributed by atoms with van der Waals surface area (Å²) in [6.07, 6.45) is 0. The molecule has 0 saturated heterocycles. The lowest BCUT2D eigenvalue weighted by atomic mass is 10.00. The number of hydrogen-bond donors (Lipinski definition) is 0. The maximum absolute atomic E-state index is 2.53. The van der Waals surface area contributed by atoms with Crippen LogP contribution in [0, 0.1) is 0 Å². The van der Waals surface area contributed by atoms with Gasteiger partial charge in [-0.1, -0.05) is 140 Å². The Morgan fingerprint density at radius 3 is 1.61 bits per heavy atom. The Hall–Kier alpha value is -7.88. The minimum Gasteiger partial charge on any atom is -0.309 e. The quantitative estimate of drug-likeness (QED) is 0.170. The van der Waals surface area contributed by atoms with E-state index in [2.05, 4.69) is 226 Å². The van der Waals surface area contributed by atoms with Crippen molar-refractivity contribution in [1.29, 1.82) is 0 Å². The first-order chi connectivity index (χ1) is 29.3. The molecule has 59 heavy (non-hydrogen) atoms. The average molecular weight is 750 g/mol. The van der Waals surface area contributed by atoms with E-state index in [-0.39, 0.29) is 0 Å². The summed E-state index contributed by atoms with van der Waals surface area (Å²) >= 11 is 0. The molecule has 0 bridgehead atoms. The topological polar surface area (TPSA) is 14.8 Å². The van der Waals surface area contributed by atoms with Gasteiger partial charge in [0.2, 0.25) is 0 Å². The number of hydrogen-bond acceptors (Lipinski definition) is 0. The number of benzene rings is 10. The SMILES string of the molecule is c1ccc(-n2c3ccccc3c3c2ccc2c4cc(-c5ccc6c(c5)c5ccccc5n6-c5ccc6ccccc6c5)ccc4n(-c4cccc5ccccc45)c23)cc1. The van der Waals surface area contributed by atoms with E-state index < -0.39 is 0 Å². The highest BCUT2D eigenvalue weighted by Crippen LogP contribution is 2.44. The minimum atomic E-state index is 1.16. The van der Waals surface area contributed by atoms with Gasteiger partial charge in [0.25, 0.3) is 0 Å². The lowest BCUT2D eigenvalue weighted by Gasteiger charge is -2.13. The van der Waals surface area contributed by atoms with Crippen molar-refractivity contribution >= 4 is 87.0 Å². The van der Waals surface area contributed by atoms with Gasteiger partial charge in [-0.2, -0.15) is 0 Å². The zero-order valence-corrected chi connectivity index (χ0v) is 32.0. The molecule has 0 unspecified atom stereocenters. The fourth-order valence-corrected chi connectivity index (χ4v) is 9.99. The number of aromatic nitrogens is 3. The molecule has 0 aliphatic heterocycles. The molecule has 3 heteroatoms. The van der Waals surface area contributed by atoms with Gasteiger partial charge in [-0.25, -0.2) is 0 Å². The van der Waals surface area contributed by atoms with E-state index in [1.165, 1.54) is 109 Å². The van der Waals surface area contributed by atoms with E-state index in [0.29, 0.717) is 0 Å². The van der Waals surface area contributed by atoms with Crippen LogP contribution in [0.2, 0.25) is 0 Å². The van der Waals surface area contributed by atoms with Gasteiger partial charge in [0, 0.05) is 49.1 Å². The lowest BCUT2D eigenvalue weighted by molar-refractivity contribution is 1.18. The Bertz CT molecular complexity index is 3840. The fourth-order valence-electron chi connectivity index (χ4n) is 9.99. The Morgan fingerprint density at radius 1 is 0.254 bits per heavy atom. The molecule has 13 rings (SSSR count). The molecule has 0 spiro atoms. The molecule has 0 atom stereocenters. The van der Waals surface area contributed by atoms with Crippen molar-refractivity contribution < 1.29 is 0 Å². The van der Waals surface area contributed by atoms with Gasteiger partial charge in [0.05, 0.1) is 38.8 Å². The molecule has 0 aliphatic carbocycles. The number of rotatable bonds is 4. The van der Waals surface area contributed by atoms with Crippen LogP contribution in [0.3, 0.4) is 0 Å². The van der Waals surface area contributed by atoms with Crippen molar-refractivity contribution in [2.75, 3.05) is 0 Å². The van der Waals surface area contributed by atoms with Crippen LogP contribution in [0.4, 0.5) is 0 Å². The van der Waals surface area contributed by atoms with Crippen molar-refractivity contribution in [3.63, 3.8) is 0 Å². The first kappa shape index (κ1) is 32.2. The van der Waals surface area contributed by atoms with Crippen LogP contribution >= 0.6 is 0 Å². The molecule has 0 amide bonds. The second-order valence-corrected chi connectivity index (χ2v) is 15.7. The molecule has 0 radical (unpaired) electrons. The molecule has 0 aliphatic rings. The van der Waals surface area contributed by atoms with E-state index in [4.69, 9.17) is 0 Å². The number of fused-ring (bicyclic) bond motifs is 12. The van der Waals surface area contributed by atoms with Crippen molar-refractivity contribution in [2.45, 2.75) is 0 Å². The highest BCUT2D eigenvalue weighted by atomic mass is 15.0. The third-order valence-electron chi connectivity index (χ3n) is 12.6. The molecular formula is C56H35N3. The first-order valence-electron chi connectivity index (χ1n) is 20.4. The van der Waals surface area contributed by atoms with E-state index in [1.54, 1.807) is 0 Å². The summed E-state index contributed by atoms with van der Waals surface area (Å²) in [4.78, 5) is 0. The standard InChI is InChI=1S/C56H35N3/c1-2-17-41(18-3-1)57-51-23-11-9-21-46(51)55-54(57)32-29-45-48-35-40(27-31-53(48)59(56(45)55)49-24-12-16-37-14-6-7-19-43(37)49)39-26-30-52-47(34-39)44-20-8-10-22-50(44)58(52)42-28-25-36-13-4-5-15-38(36)33-42/h1-35H. The number of nitrogens with zero attached hydrogens (tertiary/aromatic N) is 3. The monoisotopic (exact) mass is 749 g/mol. The highest BCUT2D eigenvalue weighted by molar-refractivity contribution is 6.27. The summed E-state index contributed by atoms with van der Waals surface area (Å²) < 4.78 is 7.37. The Kier molecular flexibility index (Phi) is 6.72. The summed E-state index contributed by atoms with van der Waals surface area (Å²) in [5.74, 6) is 0. The predicted molar refractivity (Wildman–Crippen MR) is 250 cm³/mol. The summed E-state index contributed by atoms with van der Waals surface area (Å²) in [5.41, 5.74) is 13.1. The van der Waals surface area contributed by atoms with Crippen LogP contribution < -0.4 is 0 Å². The maximum Gasteiger partial charge on any atom is 0.0641 e. The maximum atomic E-state index is 2.53. The smallest absolute Gasteiger partial charge is 0.0641 e. The third-order valence-corrected chi connectivity index (χ3v) is 12.6. The van der Waals surface area contributed by atoms with Crippen molar-refractivity contribution in [1.82, 2.24) is 13.7 Å². The Morgan fingerprint density at radius 2 is 0.814 bits per heavy atom. The predicted octanol–water partition coefficient (Wildman–Crippen LogP) is 15.0. The van der Waals surface area contributed by atoms with Crippen molar-refractivity contribution in [3.05, 3.63) is 212 Å². The highest BCUT2D eigenvalue weighted by Gasteiger charge is 2.22. The normalized spacial score (nSPS) is 12.1. The molecular weight excluding hydrogens is 715 g/mol. The second kappa shape index (κ2) is 12.3. The largest absolute Gasteiger partial charge is 0.309 e. The van der Waals surface area contributed by atoms with Crippen LogP contribution in [0.25, 0.3) is 115 Å². The lowest BCUT2D eigenvalue weighted by Crippen LogP contribution is -1.96. The first-order valence-corrected chi connectivity index (χ1v) is 20.4. The van der Waals surface area contributed by atoms with Gasteiger partial charge in [0.15, 0.2) is 0 Å². The third kappa shape index (κ3) is 4.64. The molecule has 0 fully saturated rings. The van der Waals surface area contributed by atoms with Gasteiger partial charge in [0.1, 0.15) is 0 Å².